The molecule has 0 radical (unpaired) electrons. The molecule has 1 fully saturated rings. The number of carbonyl (C=O) groups excluding carboxylic acids is 1. The average molecular weight is 436 g/mol. The smallest absolute Gasteiger partial charge is 0.219 e. The van der Waals surface area contributed by atoms with E-state index in [1.165, 1.54) is 11.1 Å². The van der Waals surface area contributed by atoms with E-state index in [4.69, 9.17) is 9.73 Å². The van der Waals surface area contributed by atoms with E-state index in [1.54, 1.807) is 13.0 Å². The number of phenolic OH excluding ortho intramolecular Hbond substituents is 1. The zero-order valence-electron chi connectivity index (χ0n) is 19.4. The maximum atomic E-state index is 11.9. The fourth-order valence-corrected chi connectivity index (χ4v) is 4.94. The molecular weight excluding hydrogens is 402 g/mol. The molecule has 6 heteroatoms. The molecule has 2 aromatic carbocycles. The summed E-state index contributed by atoms with van der Waals surface area (Å²) < 4.78 is 5.64. The molecule has 2 heterocycles. The van der Waals surface area contributed by atoms with Crippen molar-refractivity contribution in [2.45, 2.75) is 58.7 Å². The van der Waals surface area contributed by atoms with E-state index in [-0.39, 0.29) is 17.7 Å². The minimum absolute atomic E-state index is 0.104. The third-order valence-electron chi connectivity index (χ3n) is 6.62. The standard InChI is InChI=1S/C26H33N3O3/c1-5-32-24-8-6-7-21(25(24)31)23-16-22(20-10-9-17(2)15-18(20)3)27-26(28-23)11-13-29(14-12-26)19(4)30/h6-10,15,23,28,31H,5,11-14,16H2,1-4H3. The fourth-order valence-electron chi connectivity index (χ4n) is 4.94. The maximum Gasteiger partial charge on any atom is 0.219 e. The lowest BCUT2D eigenvalue weighted by Gasteiger charge is -2.45. The summed E-state index contributed by atoms with van der Waals surface area (Å²) in [4.78, 5) is 19.0. The second-order valence-electron chi connectivity index (χ2n) is 8.94. The van der Waals surface area contributed by atoms with Crippen molar-refractivity contribution < 1.29 is 14.6 Å². The van der Waals surface area contributed by atoms with Gasteiger partial charge in [0.05, 0.1) is 6.61 Å². The molecule has 0 saturated carbocycles. The van der Waals surface area contributed by atoms with Crippen LogP contribution in [0, 0.1) is 13.8 Å². The molecule has 1 unspecified atom stereocenters. The lowest BCUT2D eigenvalue weighted by Crippen LogP contribution is -2.56. The third kappa shape index (κ3) is 4.37. The highest BCUT2D eigenvalue weighted by molar-refractivity contribution is 6.03. The number of ether oxygens (including phenoxy) is 1. The molecule has 1 spiro atoms. The molecule has 2 aromatic rings. The highest BCUT2D eigenvalue weighted by atomic mass is 16.5. The molecular formula is C26H33N3O3. The Morgan fingerprint density at radius 3 is 2.66 bits per heavy atom. The highest BCUT2D eigenvalue weighted by Crippen LogP contribution is 2.40. The van der Waals surface area contributed by atoms with Crippen LogP contribution in [0.4, 0.5) is 0 Å². The van der Waals surface area contributed by atoms with E-state index < -0.39 is 5.66 Å². The number of nitrogens with zero attached hydrogens (tertiary/aromatic N) is 2. The Morgan fingerprint density at radius 2 is 2.00 bits per heavy atom. The van der Waals surface area contributed by atoms with Crippen molar-refractivity contribution in [1.29, 1.82) is 0 Å². The van der Waals surface area contributed by atoms with Crippen molar-refractivity contribution in [2.75, 3.05) is 19.7 Å². The van der Waals surface area contributed by atoms with E-state index >= 15 is 0 Å². The van der Waals surface area contributed by atoms with Gasteiger partial charge in [-0.2, -0.15) is 0 Å². The van der Waals surface area contributed by atoms with E-state index in [9.17, 15) is 9.90 Å². The second kappa shape index (κ2) is 8.94. The van der Waals surface area contributed by atoms with Gasteiger partial charge < -0.3 is 14.7 Å². The van der Waals surface area contributed by atoms with Gasteiger partial charge in [0, 0.05) is 56.6 Å². The first-order chi connectivity index (χ1) is 15.3. The molecule has 2 N–H and O–H groups in total. The van der Waals surface area contributed by atoms with E-state index in [2.05, 4.69) is 37.4 Å². The number of benzene rings is 2. The first kappa shape index (κ1) is 22.3. The van der Waals surface area contributed by atoms with Gasteiger partial charge >= 0.3 is 0 Å². The van der Waals surface area contributed by atoms with Gasteiger partial charge in [0.1, 0.15) is 5.66 Å². The first-order valence-corrected chi connectivity index (χ1v) is 11.5. The highest BCUT2D eigenvalue weighted by Gasteiger charge is 2.41. The molecule has 2 aliphatic rings. The number of phenols is 1. The van der Waals surface area contributed by atoms with E-state index in [1.807, 2.05) is 24.0 Å². The minimum Gasteiger partial charge on any atom is -0.504 e. The summed E-state index contributed by atoms with van der Waals surface area (Å²) >= 11 is 0. The molecule has 170 valence electrons. The number of aliphatic imine (C=N–C) groups is 1. The normalized spacial score (nSPS) is 20.2. The SMILES string of the molecule is CCOc1cccc(C2CC(c3ccc(C)cc3C)=NC3(CCN(C(C)=O)CC3)N2)c1O. The molecule has 1 atom stereocenters. The minimum atomic E-state index is -0.463. The van der Waals surface area contributed by atoms with Crippen LogP contribution in [-0.4, -0.2) is 47.0 Å². The number of amides is 1. The molecule has 2 aliphatic heterocycles. The monoisotopic (exact) mass is 435 g/mol. The number of likely N-dealkylation sites (tertiary alicyclic amines) is 1. The fraction of sp³-hybridized carbons (Fsp3) is 0.462. The summed E-state index contributed by atoms with van der Waals surface area (Å²) in [6.07, 6.45) is 2.15. The number of hydrogen-bond acceptors (Lipinski definition) is 5. The Morgan fingerprint density at radius 1 is 1.25 bits per heavy atom. The van der Waals surface area contributed by atoms with E-state index in [0.717, 1.165) is 29.7 Å². The average Bonchev–Trinajstić information content (AvgIpc) is 2.75. The molecule has 0 aromatic heterocycles. The zero-order valence-corrected chi connectivity index (χ0v) is 19.4. The van der Waals surface area contributed by atoms with Crippen molar-refractivity contribution in [1.82, 2.24) is 10.2 Å². The molecule has 32 heavy (non-hydrogen) atoms. The predicted octanol–water partition coefficient (Wildman–Crippen LogP) is 4.27. The van der Waals surface area contributed by atoms with Crippen LogP contribution < -0.4 is 10.1 Å². The van der Waals surface area contributed by atoms with Crippen molar-refractivity contribution >= 4 is 11.6 Å². The molecule has 1 amide bonds. The number of aromatic hydroxyl groups is 1. The van der Waals surface area contributed by atoms with Crippen LogP contribution in [0.25, 0.3) is 0 Å². The quantitative estimate of drug-likeness (QED) is 0.752. The summed E-state index contributed by atoms with van der Waals surface area (Å²) in [5, 5.41) is 14.7. The van der Waals surface area contributed by atoms with Crippen LogP contribution in [0.5, 0.6) is 11.5 Å². The number of piperidine rings is 1. The van der Waals surface area contributed by atoms with Crippen LogP contribution in [0.15, 0.2) is 41.4 Å². The summed E-state index contributed by atoms with van der Waals surface area (Å²) in [7, 11) is 0. The number of carbonyl (C=O) groups is 1. The number of rotatable bonds is 4. The molecule has 0 bridgehead atoms. The van der Waals surface area contributed by atoms with Gasteiger partial charge in [0.2, 0.25) is 5.91 Å². The lowest BCUT2D eigenvalue weighted by molar-refractivity contribution is -0.130. The summed E-state index contributed by atoms with van der Waals surface area (Å²) in [5.41, 5.74) is 4.98. The van der Waals surface area contributed by atoms with Gasteiger partial charge in [-0.15, -0.1) is 0 Å². The topological polar surface area (TPSA) is 74.2 Å². The van der Waals surface area contributed by atoms with E-state index in [0.29, 0.717) is 31.9 Å². The summed E-state index contributed by atoms with van der Waals surface area (Å²) in [6, 6.07) is 12.0. The van der Waals surface area contributed by atoms with Crippen LogP contribution in [0.1, 0.15) is 61.4 Å². The van der Waals surface area contributed by atoms with Crippen molar-refractivity contribution in [3.63, 3.8) is 0 Å². The molecule has 6 nitrogen and oxygen atoms in total. The zero-order chi connectivity index (χ0) is 22.9. The first-order valence-electron chi connectivity index (χ1n) is 11.5. The van der Waals surface area contributed by atoms with Gasteiger partial charge in [0.15, 0.2) is 11.5 Å². The Balaban J connectivity index is 1.74. The second-order valence-corrected chi connectivity index (χ2v) is 8.94. The number of aryl methyl sites for hydroxylation is 2. The summed E-state index contributed by atoms with van der Waals surface area (Å²) in [5.74, 6) is 0.792. The largest absolute Gasteiger partial charge is 0.504 e. The Hall–Kier alpha value is -2.86. The Bertz CT molecular complexity index is 1040. The Kier molecular flexibility index (Phi) is 6.24. The number of para-hydroxylation sites is 1. The number of nitrogens with one attached hydrogen (secondary N) is 1. The third-order valence-corrected chi connectivity index (χ3v) is 6.62. The van der Waals surface area contributed by atoms with Gasteiger partial charge in [-0.25, -0.2) is 0 Å². The Labute approximate surface area is 190 Å². The van der Waals surface area contributed by atoms with Gasteiger partial charge in [0.25, 0.3) is 0 Å². The molecule has 1 saturated heterocycles. The van der Waals surface area contributed by atoms with Gasteiger partial charge in [-0.05, 0) is 38.0 Å². The molecule has 0 aliphatic carbocycles. The van der Waals surface area contributed by atoms with Crippen molar-refractivity contribution in [2.24, 2.45) is 4.99 Å². The van der Waals surface area contributed by atoms with Crippen LogP contribution in [0.3, 0.4) is 0 Å². The maximum absolute atomic E-state index is 11.9. The van der Waals surface area contributed by atoms with Crippen LogP contribution in [-0.2, 0) is 4.79 Å². The molecule has 4 rings (SSSR count). The van der Waals surface area contributed by atoms with Crippen LogP contribution in [0.2, 0.25) is 0 Å². The predicted molar refractivity (Wildman–Crippen MR) is 126 cm³/mol. The lowest BCUT2D eigenvalue weighted by atomic mass is 9.86. The van der Waals surface area contributed by atoms with Gasteiger partial charge in [-0.1, -0.05) is 35.9 Å². The number of hydrogen-bond donors (Lipinski definition) is 2. The van der Waals surface area contributed by atoms with Crippen molar-refractivity contribution in [3.8, 4) is 11.5 Å². The van der Waals surface area contributed by atoms with Crippen molar-refractivity contribution in [3.05, 3.63) is 58.7 Å². The van der Waals surface area contributed by atoms with Gasteiger partial charge in [-0.3, -0.25) is 15.1 Å². The summed E-state index contributed by atoms with van der Waals surface area (Å²) in [6.45, 7) is 9.59. The van der Waals surface area contributed by atoms with Crippen LogP contribution >= 0.6 is 0 Å².